The summed E-state index contributed by atoms with van der Waals surface area (Å²) >= 11 is 1.35. The maximum Gasteiger partial charge on any atom is 0.262 e. The van der Waals surface area contributed by atoms with Crippen LogP contribution in [0, 0.1) is 0 Å². The van der Waals surface area contributed by atoms with Crippen molar-refractivity contribution in [3.8, 4) is 0 Å². The van der Waals surface area contributed by atoms with E-state index in [0.717, 1.165) is 18.4 Å². The van der Waals surface area contributed by atoms with E-state index in [-0.39, 0.29) is 28.8 Å². The highest BCUT2D eigenvalue weighted by molar-refractivity contribution is 8.00. The Bertz CT molecular complexity index is 1060. The minimum Gasteiger partial charge on any atom is -0.349 e. The van der Waals surface area contributed by atoms with Crippen molar-refractivity contribution in [2.24, 2.45) is 0 Å². The first-order valence-electron chi connectivity index (χ1n) is 9.58. The van der Waals surface area contributed by atoms with Gasteiger partial charge in [0.1, 0.15) is 0 Å². The van der Waals surface area contributed by atoms with Gasteiger partial charge in [-0.2, -0.15) is 0 Å². The summed E-state index contributed by atoms with van der Waals surface area (Å²) in [6.45, 7) is 3.83. The minimum atomic E-state index is -0.357. The Hall–Kier alpha value is -2.60. The van der Waals surface area contributed by atoms with Crippen molar-refractivity contribution in [3.63, 3.8) is 0 Å². The normalized spacial score (nSPS) is 15.9. The lowest BCUT2D eigenvalue weighted by molar-refractivity contribution is -0.120. The summed E-state index contributed by atoms with van der Waals surface area (Å²) in [5.74, 6) is -0.0638. The Labute approximate surface area is 168 Å². The topological polar surface area (TPSA) is 64.0 Å². The number of rotatable bonds is 6. The third-order valence-electron chi connectivity index (χ3n) is 5.00. The highest BCUT2D eigenvalue weighted by atomic mass is 32.2. The van der Waals surface area contributed by atoms with Crippen LogP contribution in [-0.4, -0.2) is 20.7 Å². The SMILES string of the molecule is CC(Sc1nc2ccccc2c(=O)n1C1CC1)C(=O)NC(C)c1ccccc1. The molecule has 144 valence electrons. The van der Waals surface area contributed by atoms with Gasteiger partial charge in [0.05, 0.1) is 22.2 Å². The smallest absolute Gasteiger partial charge is 0.262 e. The van der Waals surface area contributed by atoms with E-state index < -0.39 is 0 Å². The van der Waals surface area contributed by atoms with Crippen LogP contribution in [0.3, 0.4) is 0 Å². The molecule has 2 aromatic carbocycles. The number of hydrogen-bond donors (Lipinski definition) is 1. The lowest BCUT2D eigenvalue weighted by atomic mass is 10.1. The Morgan fingerprint density at radius 1 is 1.11 bits per heavy atom. The van der Waals surface area contributed by atoms with Crippen LogP contribution in [0.1, 0.15) is 44.3 Å². The molecular formula is C22H23N3O2S. The van der Waals surface area contributed by atoms with Crippen LogP contribution in [-0.2, 0) is 4.79 Å². The maximum absolute atomic E-state index is 13.0. The number of hydrogen-bond acceptors (Lipinski definition) is 4. The largest absolute Gasteiger partial charge is 0.349 e. The highest BCUT2D eigenvalue weighted by Gasteiger charge is 2.30. The molecule has 0 radical (unpaired) electrons. The second-order valence-electron chi connectivity index (χ2n) is 7.22. The van der Waals surface area contributed by atoms with Gasteiger partial charge < -0.3 is 5.32 Å². The maximum atomic E-state index is 13.0. The number of para-hydroxylation sites is 1. The Balaban J connectivity index is 1.56. The number of benzene rings is 2. The number of fused-ring (bicyclic) bond motifs is 1. The molecule has 3 aromatic rings. The average molecular weight is 394 g/mol. The Morgan fingerprint density at radius 3 is 2.50 bits per heavy atom. The van der Waals surface area contributed by atoms with E-state index in [0.29, 0.717) is 16.1 Å². The van der Waals surface area contributed by atoms with E-state index in [1.54, 1.807) is 4.57 Å². The first-order valence-corrected chi connectivity index (χ1v) is 10.5. The zero-order chi connectivity index (χ0) is 19.7. The Morgan fingerprint density at radius 2 is 1.79 bits per heavy atom. The van der Waals surface area contributed by atoms with E-state index in [4.69, 9.17) is 4.98 Å². The lowest BCUT2D eigenvalue weighted by Crippen LogP contribution is -2.33. The van der Waals surface area contributed by atoms with Crippen molar-refractivity contribution in [1.29, 1.82) is 0 Å². The lowest BCUT2D eigenvalue weighted by Gasteiger charge is -2.19. The van der Waals surface area contributed by atoms with Gasteiger partial charge in [0.15, 0.2) is 5.16 Å². The van der Waals surface area contributed by atoms with Crippen molar-refractivity contribution in [3.05, 3.63) is 70.5 Å². The van der Waals surface area contributed by atoms with Crippen molar-refractivity contribution >= 4 is 28.6 Å². The quantitative estimate of drug-likeness (QED) is 0.506. The van der Waals surface area contributed by atoms with Gasteiger partial charge >= 0.3 is 0 Å². The van der Waals surface area contributed by atoms with E-state index in [2.05, 4.69) is 5.32 Å². The molecular weight excluding hydrogens is 370 g/mol. The zero-order valence-electron chi connectivity index (χ0n) is 16.0. The molecule has 0 bridgehead atoms. The molecule has 5 nitrogen and oxygen atoms in total. The Kier molecular flexibility index (Phi) is 5.22. The molecule has 1 aliphatic rings. The molecule has 2 unspecified atom stereocenters. The number of carbonyl (C=O) groups is 1. The van der Waals surface area contributed by atoms with Gasteiger partial charge in [0.2, 0.25) is 5.91 Å². The van der Waals surface area contributed by atoms with Crippen LogP contribution in [0.15, 0.2) is 64.5 Å². The van der Waals surface area contributed by atoms with Crippen LogP contribution in [0.25, 0.3) is 10.9 Å². The van der Waals surface area contributed by atoms with Gasteiger partial charge in [-0.05, 0) is 44.4 Å². The molecule has 1 aromatic heterocycles. The average Bonchev–Trinajstić information content (AvgIpc) is 3.53. The molecule has 1 amide bonds. The zero-order valence-corrected chi connectivity index (χ0v) is 16.8. The monoisotopic (exact) mass is 393 g/mol. The van der Waals surface area contributed by atoms with E-state index in [9.17, 15) is 9.59 Å². The minimum absolute atomic E-state index is 0.0131. The van der Waals surface area contributed by atoms with E-state index in [1.165, 1.54) is 11.8 Å². The fourth-order valence-corrected chi connectivity index (χ4v) is 4.22. The molecule has 28 heavy (non-hydrogen) atoms. The fraction of sp³-hybridized carbons (Fsp3) is 0.318. The summed E-state index contributed by atoms with van der Waals surface area (Å²) in [4.78, 5) is 30.4. The van der Waals surface area contributed by atoms with Gasteiger partial charge in [-0.25, -0.2) is 4.98 Å². The predicted molar refractivity (Wildman–Crippen MR) is 113 cm³/mol. The molecule has 1 saturated carbocycles. The number of nitrogens with zero attached hydrogens (tertiary/aromatic N) is 2. The first-order chi connectivity index (χ1) is 13.5. The van der Waals surface area contributed by atoms with E-state index in [1.807, 2.05) is 68.4 Å². The number of nitrogens with one attached hydrogen (secondary N) is 1. The van der Waals surface area contributed by atoms with Crippen LogP contribution in [0.2, 0.25) is 0 Å². The molecule has 6 heteroatoms. The summed E-state index contributed by atoms with van der Waals surface area (Å²) in [6, 6.07) is 17.4. The van der Waals surface area contributed by atoms with Gasteiger partial charge in [-0.1, -0.05) is 54.2 Å². The molecule has 4 rings (SSSR count). The van der Waals surface area contributed by atoms with Crippen LogP contribution in [0.4, 0.5) is 0 Å². The first kappa shape index (κ1) is 18.7. The molecule has 1 heterocycles. The van der Waals surface area contributed by atoms with Crippen LogP contribution >= 0.6 is 11.8 Å². The summed E-state index contributed by atoms with van der Waals surface area (Å²) in [5.41, 5.74) is 1.73. The number of carbonyl (C=O) groups excluding carboxylic acids is 1. The number of thioether (sulfide) groups is 1. The van der Waals surface area contributed by atoms with Crippen LogP contribution < -0.4 is 10.9 Å². The fourth-order valence-electron chi connectivity index (χ4n) is 3.23. The van der Waals surface area contributed by atoms with E-state index >= 15 is 0 Å². The molecule has 2 atom stereocenters. The van der Waals surface area contributed by atoms with Gasteiger partial charge in [-0.3, -0.25) is 14.2 Å². The van der Waals surface area contributed by atoms with Crippen molar-refractivity contribution in [1.82, 2.24) is 14.9 Å². The summed E-state index contributed by atoms with van der Waals surface area (Å²) in [5, 5.41) is 3.96. The number of amides is 1. The molecule has 1 fully saturated rings. The van der Waals surface area contributed by atoms with Gasteiger partial charge in [0, 0.05) is 6.04 Å². The molecule has 1 aliphatic carbocycles. The highest BCUT2D eigenvalue weighted by Crippen LogP contribution is 2.37. The van der Waals surface area contributed by atoms with Gasteiger partial charge in [0.25, 0.3) is 5.56 Å². The van der Waals surface area contributed by atoms with Gasteiger partial charge in [-0.15, -0.1) is 0 Å². The van der Waals surface area contributed by atoms with Crippen molar-refractivity contribution < 1.29 is 4.79 Å². The summed E-state index contributed by atoms with van der Waals surface area (Å²) in [6.07, 6.45) is 1.97. The summed E-state index contributed by atoms with van der Waals surface area (Å²) < 4.78 is 1.78. The van der Waals surface area contributed by atoms with Crippen molar-refractivity contribution in [2.75, 3.05) is 0 Å². The standard InChI is InChI=1S/C22H23N3O2S/c1-14(16-8-4-3-5-9-16)23-20(26)15(2)28-22-24-19-11-7-6-10-18(19)21(27)25(22)17-12-13-17/h3-11,14-15,17H,12-13H2,1-2H3,(H,23,26). The second kappa shape index (κ2) is 7.80. The molecule has 0 saturated heterocycles. The predicted octanol–water partition coefficient (Wildman–Crippen LogP) is 4.09. The number of aromatic nitrogens is 2. The second-order valence-corrected chi connectivity index (χ2v) is 8.53. The third kappa shape index (κ3) is 3.83. The molecule has 0 spiro atoms. The van der Waals surface area contributed by atoms with Crippen LogP contribution in [0.5, 0.6) is 0 Å². The molecule has 0 aliphatic heterocycles. The summed E-state index contributed by atoms with van der Waals surface area (Å²) in [7, 11) is 0. The third-order valence-corrected chi connectivity index (χ3v) is 6.06. The molecule has 1 N–H and O–H groups in total. The van der Waals surface area contributed by atoms with Crippen molar-refractivity contribution in [2.45, 2.75) is 49.2 Å².